The van der Waals surface area contributed by atoms with Crippen molar-refractivity contribution in [3.05, 3.63) is 76.5 Å². The SMILES string of the molecule is CCOC(=O)C1=C(CN2CCc3ccccc3C2)NC(=O)NC1c1ccccc1OC. The maximum absolute atomic E-state index is 13.0. The molecule has 0 aliphatic carbocycles. The van der Waals surface area contributed by atoms with E-state index in [0.717, 1.165) is 19.5 Å². The van der Waals surface area contributed by atoms with Gasteiger partial charge in [0.15, 0.2) is 0 Å². The number of ether oxygens (including phenoxy) is 2. The molecular weight excluding hydrogens is 394 g/mol. The molecule has 2 N–H and O–H groups in total. The van der Waals surface area contributed by atoms with Crippen molar-refractivity contribution in [1.29, 1.82) is 0 Å². The van der Waals surface area contributed by atoms with Gasteiger partial charge in [0, 0.05) is 30.9 Å². The third-order valence-corrected chi connectivity index (χ3v) is 5.69. The highest BCUT2D eigenvalue weighted by Crippen LogP contribution is 2.34. The van der Waals surface area contributed by atoms with Crippen molar-refractivity contribution in [3.63, 3.8) is 0 Å². The van der Waals surface area contributed by atoms with Crippen LogP contribution in [-0.4, -0.2) is 43.7 Å². The van der Waals surface area contributed by atoms with Crippen LogP contribution in [0.5, 0.6) is 5.75 Å². The number of fused-ring (bicyclic) bond motifs is 1. The van der Waals surface area contributed by atoms with E-state index in [-0.39, 0.29) is 12.6 Å². The third kappa shape index (κ3) is 4.41. The fraction of sp³-hybridized carbons (Fsp3) is 0.333. The van der Waals surface area contributed by atoms with E-state index in [1.807, 2.05) is 30.3 Å². The molecular formula is C24H27N3O4. The maximum atomic E-state index is 13.0. The number of hydrogen-bond donors (Lipinski definition) is 2. The number of para-hydroxylation sites is 1. The number of rotatable bonds is 6. The van der Waals surface area contributed by atoms with E-state index in [4.69, 9.17) is 9.47 Å². The molecule has 2 aliphatic rings. The van der Waals surface area contributed by atoms with Gasteiger partial charge in [-0.3, -0.25) is 4.90 Å². The lowest BCUT2D eigenvalue weighted by atomic mass is 9.93. The van der Waals surface area contributed by atoms with Gasteiger partial charge < -0.3 is 20.1 Å². The average Bonchev–Trinajstić information content (AvgIpc) is 2.78. The first-order valence-electron chi connectivity index (χ1n) is 10.5. The maximum Gasteiger partial charge on any atom is 0.338 e. The van der Waals surface area contributed by atoms with Crippen LogP contribution < -0.4 is 15.4 Å². The summed E-state index contributed by atoms with van der Waals surface area (Å²) in [5, 5.41) is 5.73. The van der Waals surface area contributed by atoms with E-state index >= 15 is 0 Å². The summed E-state index contributed by atoms with van der Waals surface area (Å²) < 4.78 is 10.9. The van der Waals surface area contributed by atoms with Gasteiger partial charge in [-0.1, -0.05) is 42.5 Å². The topological polar surface area (TPSA) is 79.9 Å². The first kappa shape index (κ1) is 20.9. The van der Waals surface area contributed by atoms with Crippen LogP contribution in [0.1, 0.15) is 29.7 Å². The van der Waals surface area contributed by atoms with Crippen LogP contribution in [-0.2, 0) is 22.5 Å². The molecule has 7 nitrogen and oxygen atoms in total. The number of urea groups is 1. The van der Waals surface area contributed by atoms with E-state index in [1.165, 1.54) is 11.1 Å². The Labute approximate surface area is 182 Å². The van der Waals surface area contributed by atoms with Crippen molar-refractivity contribution >= 4 is 12.0 Å². The Morgan fingerprint density at radius 3 is 2.65 bits per heavy atom. The van der Waals surface area contributed by atoms with Crippen LogP contribution in [0, 0.1) is 0 Å². The van der Waals surface area contributed by atoms with Gasteiger partial charge in [-0.2, -0.15) is 0 Å². The molecule has 2 heterocycles. The Bertz CT molecular complexity index is 1020. The summed E-state index contributed by atoms with van der Waals surface area (Å²) in [6, 6.07) is 14.7. The van der Waals surface area contributed by atoms with E-state index in [1.54, 1.807) is 14.0 Å². The Morgan fingerprint density at radius 1 is 1.13 bits per heavy atom. The van der Waals surface area contributed by atoms with Crippen molar-refractivity contribution in [2.45, 2.75) is 25.9 Å². The Morgan fingerprint density at radius 2 is 1.87 bits per heavy atom. The molecule has 0 aromatic heterocycles. The summed E-state index contributed by atoms with van der Waals surface area (Å²) in [6.07, 6.45) is 0.931. The van der Waals surface area contributed by atoms with Gasteiger partial charge in [0.1, 0.15) is 5.75 Å². The second-order valence-corrected chi connectivity index (χ2v) is 7.62. The van der Waals surface area contributed by atoms with Gasteiger partial charge in [-0.25, -0.2) is 9.59 Å². The number of methoxy groups -OCH3 is 1. The second-order valence-electron chi connectivity index (χ2n) is 7.62. The number of benzene rings is 2. The van der Waals surface area contributed by atoms with Gasteiger partial charge in [0.2, 0.25) is 0 Å². The highest BCUT2D eigenvalue weighted by molar-refractivity contribution is 5.95. The molecule has 2 aromatic carbocycles. The molecule has 4 rings (SSSR count). The van der Waals surface area contributed by atoms with Crippen LogP contribution in [0.4, 0.5) is 4.79 Å². The first-order valence-corrected chi connectivity index (χ1v) is 10.5. The number of carbonyl (C=O) groups is 2. The average molecular weight is 421 g/mol. The number of nitrogens with one attached hydrogen (secondary N) is 2. The minimum Gasteiger partial charge on any atom is -0.496 e. The van der Waals surface area contributed by atoms with Gasteiger partial charge in [0.25, 0.3) is 0 Å². The Balaban J connectivity index is 1.71. The molecule has 0 bridgehead atoms. The number of esters is 1. The van der Waals surface area contributed by atoms with Crippen LogP contribution in [0.15, 0.2) is 59.8 Å². The smallest absolute Gasteiger partial charge is 0.338 e. The number of amides is 2. The summed E-state index contributed by atoms with van der Waals surface area (Å²) >= 11 is 0. The van der Waals surface area contributed by atoms with Crippen molar-refractivity contribution in [1.82, 2.24) is 15.5 Å². The minimum atomic E-state index is -0.656. The van der Waals surface area contributed by atoms with Crippen LogP contribution in [0.3, 0.4) is 0 Å². The lowest BCUT2D eigenvalue weighted by Gasteiger charge is -2.34. The van der Waals surface area contributed by atoms with Crippen molar-refractivity contribution in [3.8, 4) is 5.75 Å². The lowest BCUT2D eigenvalue weighted by molar-refractivity contribution is -0.139. The molecule has 0 spiro atoms. The molecule has 0 saturated carbocycles. The second kappa shape index (κ2) is 9.22. The van der Waals surface area contributed by atoms with Gasteiger partial charge >= 0.3 is 12.0 Å². The zero-order valence-corrected chi connectivity index (χ0v) is 17.8. The molecule has 1 atom stereocenters. The lowest BCUT2D eigenvalue weighted by Crippen LogP contribution is -2.49. The van der Waals surface area contributed by atoms with Crippen LogP contribution in [0.25, 0.3) is 0 Å². The van der Waals surface area contributed by atoms with Crippen molar-refractivity contribution in [2.24, 2.45) is 0 Å². The molecule has 2 amide bonds. The standard InChI is InChI=1S/C24H27N3O4/c1-3-31-23(28)21-19(15-27-13-12-16-8-4-5-9-17(16)14-27)25-24(29)26-22(21)18-10-6-7-11-20(18)30-2/h4-11,22H,3,12-15H2,1-2H3,(H2,25,26,29). The fourth-order valence-electron chi connectivity index (χ4n) is 4.24. The zero-order valence-electron chi connectivity index (χ0n) is 17.8. The summed E-state index contributed by atoms with van der Waals surface area (Å²) in [5.74, 6) is 0.154. The predicted molar refractivity (Wildman–Crippen MR) is 116 cm³/mol. The third-order valence-electron chi connectivity index (χ3n) is 5.69. The van der Waals surface area contributed by atoms with Crippen LogP contribution >= 0.6 is 0 Å². The van der Waals surface area contributed by atoms with Crippen LogP contribution in [0.2, 0.25) is 0 Å². The highest BCUT2D eigenvalue weighted by atomic mass is 16.5. The van der Waals surface area contributed by atoms with Gasteiger partial charge in [-0.15, -0.1) is 0 Å². The van der Waals surface area contributed by atoms with E-state index in [2.05, 4.69) is 33.7 Å². The minimum absolute atomic E-state index is 0.249. The summed E-state index contributed by atoms with van der Waals surface area (Å²) in [7, 11) is 1.57. The quantitative estimate of drug-likeness (QED) is 0.701. The fourth-order valence-corrected chi connectivity index (χ4v) is 4.24. The monoisotopic (exact) mass is 421 g/mol. The molecule has 2 aliphatic heterocycles. The molecule has 31 heavy (non-hydrogen) atoms. The zero-order chi connectivity index (χ0) is 21.8. The number of nitrogens with zero attached hydrogens (tertiary/aromatic N) is 1. The summed E-state index contributed by atoms with van der Waals surface area (Å²) in [4.78, 5) is 27.8. The summed E-state index contributed by atoms with van der Waals surface area (Å²) in [5.41, 5.74) is 4.31. The summed E-state index contributed by atoms with van der Waals surface area (Å²) in [6.45, 7) is 4.07. The van der Waals surface area contributed by atoms with E-state index in [9.17, 15) is 9.59 Å². The molecule has 7 heteroatoms. The van der Waals surface area contributed by atoms with Gasteiger partial charge in [-0.05, 0) is 30.5 Å². The molecule has 162 valence electrons. The first-order chi connectivity index (χ1) is 15.1. The van der Waals surface area contributed by atoms with Gasteiger partial charge in [0.05, 0.1) is 25.3 Å². The van der Waals surface area contributed by atoms with E-state index in [0.29, 0.717) is 29.1 Å². The predicted octanol–water partition coefficient (Wildman–Crippen LogP) is 2.92. The number of hydrogen-bond acceptors (Lipinski definition) is 5. The Hall–Kier alpha value is -3.32. The highest BCUT2D eigenvalue weighted by Gasteiger charge is 2.36. The largest absolute Gasteiger partial charge is 0.496 e. The molecule has 0 saturated heterocycles. The molecule has 0 fully saturated rings. The normalized spacial score (nSPS) is 18.6. The van der Waals surface area contributed by atoms with Crippen molar-refractivity contribution in [2.75, 3.05) is 26.8 Å². The molecule has 0 radical (unpaired) electrons. The van der Waals surface area contributed by atoms with E-state index < -0.39 is 12.0 Å². The molecule has 2 aromatic rings. The molecule has 1 unspecified atom stereocenters. The van der Waals surface area contributed by atoms with Crippen molar-refractivity contribution < 1.29 is 19.1 Å². The Kier molecular flexibility index (Phi) is 6.23. The number of carbonyl (C=O) groups excluding carboxylic acids is 2.